The Kier molecular flexibility index (Phi) is 16.6. The largest absolute Gasteiger partial charge is 2.00 e. The van der Waals surface area contributed by atoms with Crippen LogP contribution in [0.5, 0.6) is 0 Å². The van der Waals surface area contributed by atoms with Gasteiger partial charge in [0.2, 0.25) is 0 Å². The van der Waals surface area contributed by atoms with Crippen LogP contribution >= 0.6 is 0 Å². The molecule has 0 spiro atoms. The van der Waals surface area contributed by atoms with Crippen molar-refractivity contribution in [2.45, 2.75) is 0 Å². The zero-order chi connectivity index (χ0) is 15.7. The molecular formula is C10H16CuN2NaO8+3. The van der Waals surface area contributed by atoms with Crippen LogP contribution in [0.15, 0.2) is 0 Å². The van der Waals surface area contributed by atoms with E-state index in [9.17, 15) is 19.2 Å². The number of aliphatic carboxylic acids is 4. The molecule has 0 aromatic carbocycles. The summed E-state index contributed by atoms with van der Waals surface area (Å²) in [6.45, 7) is -2.25. The van der Waals surface area contributed by atoms with E-state index in [2.05, 4.69) is 0 Å². The zero-order valence-electron chi connectivity index (χ0n) is 11.9. The number of rotatable bonds is 11. The molecule has 0 saturated carbocycles. The van der Waals surface area contributed by atoms with Gasteiger partial charge in [0.25, 0.3) is 0 Å². The first-order valence-corrected chi connectivity index (χ1v) is 5.52. The number of hydrogen-bond donors (Lipinski definition) is 4. The van der Waals surface area contributed by atoms with Crippen LogP contribution in [0.2, 0.25) is 0 Å². The molecule has 0 rings (SSSR count). The summed E-state index contributed by atoms with van der Waals surface area (Å²) < 4.78 is 0. The Labute approximate surface area is 158 Å². The molecule has 0 bridgehead atoms. The normalized spacial score (nSPS) is 9.73. The molecule has 0 aliphatic heterocycles. The Balaban J connectivity index is -0.00000180. The molecule has 0 saturated heterocycles. The summed E-state index contributed by atoms with van der Waals surface area (Å²) in [7, 11) is 0. The number of carboxylic acids is 4. The van der Waals surface area contributed by atoms with Crippen LogP contribution in [0.4, 0.5) is 0 Å². The van der Waals surface area contributed by atoms with Crippen molar-refractivity contribution < 1.29 is 86.2 Å². The van der Waals surface area contributed by atoms with Gasteiger partial charge in [-0.25, -0.2) is 0 Å². The van der Waals surface area contributed by atoms with E-state index in [1.807, 2.05) is 0 Å². The second kappa shape index (κ2) is 13.9. The van der Waals surface area contributed by atoms with E-state index in [1.165, 1.54) is 0 Å². The summed E-state index contributed by atoms with van der Waals surface area (Å²) in [5.74, 6) is -4.91. The van der Waals surface area contributed by atoms with E-state index >= 15 is 0 Å². The molecule has 10 nitrogen and oxygen atoms in total. The molecule has 0 amide bonds. The van der Waals surface area contributed by atoms with Crippen LogP contribution in [-0.2, 0) is 36.2 Å². The molecule has 0 heterocycles. The van der Waals surface area contributed by atoms with E-state index in [0.29, 0.717) is 0 Å². The summed E-state index contributed by atoms with van der Waals surface area (Å²) in [6, 6.07) is 0. The quantitative estimate of drug-likeness (QED) is 0.256. The number of nitrogens with zero attached hydrogens (tertiary/aromatic N) is 2. The molecule has 22 heavy (non-hydrogen) atoms. The Morgan fingerprint density at radius 1 is 0.591 bits per heavy atom. The number of carboxylic acid groups (broad SMARTS) is 4. The third kappa shape index (κ3) is 15.7. The monoisotopic (exact) mass is 378 g/mol. The van der Waals surface area contributed by atoms with Crippen molar-refractivity contribution in [2.24, 2.45) is 0 Å². The first-order valence-electron chi connectivity index (χ1n) is 5.52. The van der Waals surface area contributed by atoms with E-state index in [4.69, 9.17) is 20.4 Å². The summed E-state index contributed by atoms with van der Waals surface area (Å²) in [5, 5.41) is 34.5. The molecule has 0 unspecified atom stereocenters. The van der Waals surface area contributed by atoms with Gasteiger partial charge < -0.3 is 20.4 Å². The average molecular weight is 379 g/mol. The topological polar surface area (TPSA) is 156 Å². The van der Waals surface area contributed by atoms with Gasteiger partial charge in [-0.15, -0.1) is 0 Å². The molecule has 0 aliphatic carbocycles. The first kappa shape index (κ1) is 26.2. The third-order valence-electron chi connectivity index (χ3n) is 2.17. The zero-order valence-corrected chi connectivity index (χ0v) is 14.8. The Hall–Kier alpha value is -0.681. The molecule has 0 aliphatic rings. The van der Waals surface area contributed by atoms with Gasteiger partial charge in [0, 0.05) is 13.1 Å². The van der Waals surface area contributed by atoms with Crippen molar-refractivity contribution in [3.63, 3.8) is 0 Å². The molecule has 12 heteroatoms. The van der Waals surface area contributed by atoms with Crippen LogP contribution < -0.4 is 29.6 Å². The smallest absolute Gasteiger partial charge is 0.480 e. The van der Waals surface area contributed by atoms with Gasteiger partial charge in [-0.05, 0) is 0 Å². The van der Waals surface area contributed by atoms with Gasteiger partial charge in [0.15, 0.2) is 0 Å². The van der Waals surface area contributed by atoms with E-state index in [0.717, 1.165) is 9.80 Å². The van der Waals surface area contributed by atoms with Crippen molar-refractivity contribution in [1.29, 1.82) is 0 Å². The van der Waals surface area contributed by atoms with Crippen LogP contribution in [-0.4, -0.2) is 93.4 Å². The summed E-state index contributed by atoms with van der Waals surface area (Å²) in [4.78, 5) is 44.4. The molecule has 0 fully saturated rings. The van der Waals surface area contributed by atoms with Gasteiger partial charge in [0.05, 0.1) is 26.2 Å². The SMILES string of the molecule is O=C(O)CN(CCN(CC(=O)O)CC(=O)O)CC(=O)O.[Cu+2].[Na+]. The van der Waals surface area contributed by atoms with Crippen molar-refractivity contribution in [1.82, 2.24) is 9.80 Å². The minimum Gasteiger partial charge on any atom is -0.480 e. The van der Waals surface area contributed by atoms with Crippen molar-refractivity contribution >= 4 is 23.9 Å². The molecule has 4 N–H and O–H groups in total. The fourth-order valence-corrected chi connectivity index (χ4v) is 1.48. The van der Waals surface area contributed by atoms with Gasteiger partial charge in [0.1, 0.15) is 0 Å². The maximum atomic E-state index is 10.6. The first-order chi connectivity index (χ1) is 9.20. The van der Waals surface area contributed by atoms with Gasteiger partial charge in [-0.3, -0.25) is 29.0 Å². The van der Waals surface area contributed by atoms with Crippen LogP contribution in [0, 0.1) is 0 Å². The molecule has 1 radical (unpaired) electrons. The maximum absolute atomic E-state index is 10.6. The number of hydrogen-bond acceptors (Lipinski definition) is 6. The molecule has 0 aromatic rings. The van der Waals surface area contributed by atoms with Crippen LogP contribution in [0.3, 0.4) is 0 Å². The molecule has 0 aromatic heterocycles. The number of carbonyl (C=O) groups is 4. The van der Waals surface area contributed by atoms with Crippen LogP contribution in [0.25, 0.3) is 0 Å². The maximum Gasteiger partial charge on any atom is 2.00 e. The second-order valence-electron chi connectivity index (χ2n) is 4.00. The standard InChI is InChI=1S/C10H16N2O8.Cu.Na/c13-7(14)3-11(4-8(15)16)1-2-12(5-9(17)18)6-10(19)20;;/h1-6H2,(H,13,14)(H,15,16)(H,17,18)(H,19,20);;/q;+2;+1. The second-order valence-corrected chi connectivity index (χ2v) is 4.00. The van der Waals surface area contributed by atoms with Gasteiger partial charge >= 0.3 is 70.5 Å². The van der Waals surface area contributed by atoms with Gasteiger partial charge in [-0.1, -0.05) is 0 Å². The Bertz CT molecular complexity index is 327. The van der Waals surface area contributed by atoms with Crippen molar-refractivity contribution in [3.05, 3.63) is 0 Å². The van der Waals surface area contributed by atoms with Crippen molar-refractivity contribution in [3.8, 4) is 0 Å². The van der Waals surface area contributed by atoms with Crippen molar-refractivity contribution in [2.75, 3.05) is 39.3 Å². The third-order valence-corrected chi connectivity index (χ3v) is 2.17. The predicted octanol–water partition coefficient (Wildman–Crippen LogP) is -5.07. The summed E-state index contributed by atoms with van der Waals surface area (Å²) in [6.07, 6.45) is 0. The Morgan fingerprint density at radius 3 is 0.909 bits per heavy atom. The van der Waals surface area contributed by atoms with Gasteiger partial charge in [-0.2, -0.15) is 0 Å². The van der Waals surface area contributed by atoms with E-state index in [-0.39, 0.29) is 59.7 Å². The summed E-state index contributed by atoms with van der Waals surface area (Å²) in [5.41, 5.74) is 0. The molecular weight excluding hydrogens is 363 g/mol. The van der Waals surface area contributed by atoms with E-state index < -0.39 is 50.1 Å². The Morgan fingerprint density at radius 2 is 0.773 bits per heavy atom. The average Bonchev–Trinajstić information content (AvgIpc) is 2.22. The van der Waals surface area contributed by atoms with E-state index in [1.54, 1.807) is 0 Å². The minimum absolute atomic E-state index is 0. The fourth-order valence-electron chi connectivity index (χ4n) is 1.48. The fraction of sp³-hybridized carbons (Fsp3) is 0.600. The van der Waals surface area contributed by atoms with Crippen LogP contribution in [0.1, 0.15) is 0 Å². The predicted molar refractivity (Wildman–Crippen MR) is 63.4 cm³/mol. The molecule has 0 atom stereocenters. The summed E-state index contributed by atoms with van der Waals surface area (Å²) >= 11 is 0. The molecule has 123 valence electrons. The minimum atomic E-state index is -1.23.